The number of rotatable bonds is 10. The SMILES string of the molecule is COC1=C(C(=O)OCc2ccccc2)N2C(=O)[C@H](C(C=O)OC(=O)OCc3ccc([N+](=O)[O-])cc3)[C@@H]2SC1. The fourth-order valence-corrected chi connectivity index (χ4v) is 5.33. The van der Waals surface area contributed by atoms with Crippen molar-refractivity contribution in [3.05, 3.63) is 87.3 Å². The Balaban J connectivity index is 1.38. The molecule has 0 aromatic heterocycles. The summed E-state index contributed by atoms with van der Waals surface area (Å²) >= 11 is 1.25. The van der Waals surface area contributed by atoms with Crippen LogP contribution in [0.5, 0.6) is 0 Å². The molecule has 1 saturated heterocycles. The van der Waals surface area contributed by atoms with Crippen LogP contribution >= 0.6 is 11.8 Å². The number of aldehydes is 1. The van der Waals surface area contributed by atoms with Gasteiger partial charge in [-0.05, 0) is 23.3 Å². The molecule has 0 N–H and O–H groups in total. The first-order valence-electron chi connectivity index (χ1n) is 11.3. The maximum atomic E-state index is 13.1. The Labute approximate surface area is 220 Å². The molecular formula is C25H22N2O10S. The van der Waals surface area contributed by atoms with Crippen LogP contribution in [0.2, 0.25) is 0 Å². The van der Waals surface area contributed by atoms with Crippen molar-refractivity contribution in [2.45, 2.75) is 24.7 Å². The molecule has 2 aromatic rings. The molecule has 12 nitrogen and oxygen atoms in total. The zero-order valence-electron chi connectivity index (χ0n) is 20.0. The molecule has 2 heterocycles. The van der Waals surface area contributed by atoms with Crippen molar-refractivity contribution >= 4 is 41.8 Å². The highest BCUT2D eigenvalue weighted by Gasteiger charge is 2.58. The van der Waals surface area contributed by atoms with Crippen LogP contribution in [0.15, 0.2) is 66.1 Å². The van der Waals surface area contributed by atoms with Gasteiger partial charge in [0, 0.05) is 12.1 Å². The molecule has 0 saturated carbocycles. The number of nitrogens with zero attached hydrogens (tertiary/aromatic N) is 2. The minimum Gasteiger partial charge on any atom is -0.498 e. The zero-order valence-corrected chi connectivity index (χ0v) is 20.8. The Kier molecular flexibility index (Phi) is 8.26. The molecule has 4 rings (SSSR count). The molecule has 2 aromatic carbocycles. The number of nitro benzene ring substituents is 1. The first-order valence-corrected chi connectivity index (χ1v) is 12.3. The van der Waals surface area contributed by atoms with Crippen LogP contribution in [0.4, 0.5) is 10.5 Å². The van der Waals surface area contributed by atoms with Gasteiger partial charge >= 0.3 is 12.1 Å². The average molecular weight is 543 g/mol. The average Bonchev–Trinajstić information content (AvgIpc) is 2.94. The molecule has 1 fully saturated rings. The third kappa shape index (κ3) is 5.62. The fourth-order valence-electron chi connectivity index (χ4n) is 3.91. The van der Waals surface area contributed by atoms with Crippen LogP contribution in [0.3, 0.4) is 0 Å². The second-order valence-electron chi connectivity index (χ2n) is 8.15. The number of hydrogen-bond donors (Lipinski definition) is 0. The number of carbonyl (C=O) groups is 4. The number of non-ortho nitro benzene ring substituents is 1. The molecule has 0 radical (unpaired) electrons. The third-order valence-corrected chi connectivity index (χ3v) is 7.13. The number of amides is 1. The van der Waals surface area contributed by atoms with Crippen LogP contribution in [-0.2, 0) is 46.5 Å². The fraction of sp³-hybridized carbons (Fsp3) is 0.280. The Bertz CT molecular complexity index is 1260. The highest BCUT2D eigenvalue weighted by molar-refractivity contribution is 8.00. The number of carbonyl (C=O) groups excluding carboxylic acids is 4. The van der Waals surface area contributed by atoms with Crippen molar-refractivity contribution in [3.63, 3.8) is 0 Å². The Morgan fingerprint density at radius 1 is 1.11 bits per heavy atom. The summed E-state index contributed by atoms with van der Waals surface area (Å²) in [6.45, 7) is -0.271. The number of esters is 1. The summed E-state index contributed by atoms with van der Waals surface area (Å²) in [5.41, 5.74) is 1.04. The van der Waals surface area contributed by atoms with E-state index in [-0.39, 0.29) is 36.1 Å². The largest absolute Gasteiger partial charge is 0.509 e. The number of benzene rings is 2. The molecule has 0 bridgehead atoms. The number of ether oxygens (including phenoxy) is 4. The lowest BCUT2D eigenvalue weighted by atomic mass is 9.91. The molecule has 1 unspecified atom stereocenters. The summed E-state index contributed by atoms with van der Waals surface area (Å²) < 4.78 is 20.8. The van der Waals surface area contributed by atoms with E-state index in [2.05, 4.69) is 0 Å². The van der Waals surface area contributed by atoms with Crippen molar-refractivity contribution < 1.29 is 43.0 Å². The number of β-lactam (4-membered cyclic amide) rings is 1. The second-order valence-corrected chi connectivity index (χ2v) is 9.26. The first kappa shape index (κ1) is 26.7. The topological polar surface area (TPSA) is 152 Å². The van der Waals surface area contributed by atoms with Crippen LogP contribution in [0.1, 0.15) is 11.1 Å². The van der Waals surface area contributed by atoms with E-state index in [9.17, 15) is 29.3 Å². The first-order chi connectivity index (χ1) is 18.3. The normalized spacial score (nSPS) is 19.0. The molecule has 13 heteroatoms. The molecule has 38 heavy (non-hydrogen) atoms. The summed E-state index contributed by atoms with van der Waals surface area (Å²) in [6.07, 6.45) is -2.31. The van der Waals surface area contributed by atoms with Crippen molar-refractivity contribution in [2.24, 2.45) is 5.92 Å². The molecule has 3 atom stereocenters. The van der Waals surface area contributed by atoms with Gasteiger partial charge in [-0.25, -0.2) is 9.59 Å². The van der Waals surface area contributed by atoms with Crippen LogP contribution in [-0.4, -0.2) is 58.5 Å². The van der Waals surface area contributed by atoms with Crippen molar-refractivity contribution in [1.29, 1.82) is 0 Å². The van der Waals surface area contributed by atoms with E-state index in [0.29, 0.717) is 11.8 Å². The molecule has 0 aliphatic carbocycles. The minimum absolute atomic E-state index is 0.00981. The predicted molar refractivity (Wildman–Crippen MR) is 131 cm³/mol. The van der Waals surface area contributed by atoms with Gasteiger partial charge in [0.25, 0.3) is 5.69 Å². The number of methoxy groups -OCH3 is 1. The van der Waals surface area contributed by atoms with E-state index < -0.39 is 40.4 Å². The number of hydrogen-bond acceptors (Lipinski definition) is 11. The quantitative estimate of drug-likeness (QED) is 0.143. The molecule has 2 aliphatic rings. The van der Waals surface area contributed by atoms with Crippen molar-refractivity contribution in [2.75, 3.05) is 12.9 Å². The van der Waals surface area contributed by atoms with E-state index in [4.69, 9.17) is 18.9 Å². The number of nitro groups is 1. The third-order valence-electron chi connectivity index (χ3n) is 5.85. The maximum absolute atomic E-state index is 13.1. The molecule has 0 spiro atoms. The predicted octanol–water partition coefficient (Wildman–Crippen LogP) is 2.95. The van der Waals surface area contributed by atoms with E-state index in [1.54, 1.807) is 24.3 Å². The van der Waals surface area contributed by atoms with Gasteiger partial charge in [0.1, 0.15) is 24.9 Å². The molecular weight excluding hydrogens is 520 g/mol. The standard InChI is InChI=1S/C25H22N2O10S/c1-34-19-14-38-23-20(22(29)26(23)21(19)24(30)35-12-15-5-3-2-4-6-15)18(11-28)37-25(31)36-13-16-7-9-17(10-8-16)27(32)33/h2-11,18,20,23H,12-14H2,1H3/t18?,20-,23-/m0/s1. The van der Waals surface area contributed by atoms with Gasteiger partial charge in [-0.1, -0.05) is 30.3 Å². The molecule has 1 amide bonds. The lowest BCUT2D eigenvalue weighted by Gasteiger charge is -2.50. The van der Waals surface area contributed by atoms with Crippen molar-refractivity contribution in [1.82, 2.24) is 4.90 Å². The summed E-state index contributed by atoms with van der Waals surface area (Å²) in [7, 11) is 1.38. The number of thioether (sulfide) groups is 1. The minimum atomic E-state index is -1.45. The van der Waals surface area contributed by atoms with Gasteiger partial charge < -0.3 is 18.9 Å². The van der Waals surface area contributed by atoms with Crippen LogP contribution < -0.4 is 0 Å². The lowest BCUT2D eigenvalue weighted by Crippen LogP contribution is -2.65. The second kappa shape index (κ2) is 11.8. The van der Waals surface area contributed by atoms with Gasteiger partial charge in [-0.2, -0.15) is 0 Å². The van der Waals surface area contributed by atoms with E-state index in [1.165, 1.54) is 48.0 Å². The van der Waals surface area contributed by atoms with Crippen LogP contribution in [0.25, 0.3) is 0 Å². The summed E-state index contributed by atoms with van der Waals surface area (Å²) in [5.74, 6) is -1.92. The lowest BCUT2D eigenvalue weighted by molar-refractivity contribution is -0.384. The van der Waals surface area contributed by atoms with Gasteiger partial charge in [0.2, 0.25) is 5.91 Å². The van der Waals surface area contributed by atoms with Gasteiger partial charge in [0.15, 0.2) is 18.1 Å². The summed E-state index contributed by atoms with van der Waals surface area (Å²) in [6, 6.07) is 14.3. The number of fused-ring (bicyclic) bond motifs is 1. The van der Waals surface area contributed by atoms with E-state index in [0.717, 1.165) is 5.56 Å². The molecule has 2 aliphatic heterocycles. The maximum Gasteiger partial charge on any atom is 0.509 e. The highest BCUT2D eigenvalue weighted by atomic mass is 32.2. The summed E-state index contributed by atoms with van der Waals surface area (Å²) in [4.78, 5) is 61.3. The smallest absolute Gasteiger partial charge is 0.498 e. The Hall–Kier alpha value is -4.39. The summed E-state index contributed by atoms with van der Waals surface area (Å²) in [5, 5.41) is 10.1. The Morgan fingerprint density at radius 3 is 2.39 bits per heavy atom. The van der Waals surface area contributed by atoms with Crippen LogP contribution in [0, 0.1) is 16.0 Å². The zero-order chi connectivity index (χ0) is 27.2. The van der Waals surface area contributed by atoms with Gasteiger partial charge in [0.05, 0.1) is 23.2 Å². The van der Waals surface area contributed by atoms with Gasteiger partial charge in [-0.3, -0.25) is 24.6 Å². The Morgan fingerprint density at radius 2 is 1.76 bits per heavy atom. The van der Waals surface area contributed by atoms with E-state index in [1.807, 2.05) is 6.07 Å². The highest BCUT2D eigenvalue weighted by Crippen LogP contribution is 2.45. The molecule has 198 valence electrons. The van der Waals surface area contributed by atoms with Gasteiger partial charge in [-0.15, -0.1) is 11.8 Å². The van der Waals surface area contributed by atoms with Crippen molar-refractivity contribution in [3.8, 4) is 0 Å². The monoisotopic (exact) mass is 542 g/mol. The van der Waals surface area contributed by atoms with E-state index >= 15 is 0 Å².